The fourth-order valence-corrected chi connectivity index (χ4v) is 3.39. The number of carbonyl (C=O) groups is 1. The van der Waals surface area contributed by atoms with Crippen LogP contribution in [0.4, 0.5) is 20.6 Å². The lowest BCUT2D eigenvalue weighted by atomic mass is 10.1. The van der Waals surface area contributed by atoms with Crippen LogP contribution < -0.4 is 14.5 Å². The maximum Gasteiger partial charge on any atom is 0.335 e. The van der Waals surface area contributed by atoms with E-state index >= 15 is 4.39 Å². The van der Waals surface area contributed by atoms with Crippen LogP contribution in [-0.4, -0.2) is 19.7 Å². The van der Waals surface area contributed by atoms with E-state index in [2.05, 4.69) is 11.8 Å². The number of hydrogen-bond acceptors (Lipinski definition) is 2. The second kappa shape index (κ2) is 8.99. The van der Waals surface area contributed by atoms with Crippen molar-refractivity contribution in [3.63, 3.8) is 0 Å². The summed E-state index contributed by atoms with van der Waals surface area (Å²) >= 11 is 0. The van der Waals surface area contributed by atoms with Crippen molar-refractivity contribution in [1.29, 1.82) is 0 Å². The third kappa shape index (κ3) is 4.35. The molecular formula is C27H23FN2O2. The highest BCUT2D eigenvalue weighted by atomic mass is 19.1. The molecular weight excluding hydrogens is 403 g/mol. The molecule has 0 spiro atoms. The summed E-state index contributed by atoms with van der Waals surface area (Å²) in [6.07, 6.45) is 0. The van der Waals surface area contributed by atoms with Crippen LogP contribution in [0.25, 0.3) is 0 Å². The first-order chi connectivity index (χ1) is 15.5. The minimum Gasteiger partial charge on any atom is -0.497 e. The Morgan fingerprint density at radius 2 is 1.38 bits per heavy atom. The van der Waals surface area contributed by atoms with Gasteiger partial charge in [-0.1, -0.05) is 47.2 Å². The molecule has 0 saturated heterocycles. The second-order valence-corrected chi connectivity index (χ2v) is 7.62. The lowest BCUT2D eigenvalue weighted by molar-refractivity contribution is 0.250. The number of urea groups is 1. The molecule has 1 aliphatic rings. The molecule has 0 saturated carbocycles. The molecule has 0 unspecified atom stereocenters. The third-order valence-electron chi connectivity index (χ3n) is 5.27. The molecule has 0 fully saturated rings. The van der Waals surface area contributed by atoms with Gasteiger partial charge < -0.3 is 4.74 Å². The predicted molar refractivity (Wildman–Crippen MR) is 126 cm³/mol. The van der Waals surface area contributed by atoms with Gasteiger partial charge in [0.2, 0.25) is 5.95 Å². The smallest absolute Gasteiger partial charge is 0.335 e. The zero-order chi connectivity index (χ0) is 22.7. The molecule has 32 heavy (non-hydrogen) atoms. The van der Waals surface area contributed by atoms with E-state index in [1.165, 1.54) is 0 Å². The Labute approximate surface area is 187 Å². The average molecular weight is 426 g/mol. The molecule has 4 rings (SSSR count). The van der Waals surface area contributed by atoms with Gasteiger partial charge in [0.15, 0.2) is 0 Å². The summed E-state index contributed by atoms with van der Waals surface area (Å²) in [5, 5.41) is 0. The summed E-state index contributed by atoms with van der Waals surface area (Å²) in [5.41, 5.74) is 4.22. The summed E-state index contributed by atoms with van der Waals surface area (Å²) in [6.45, 7) is 3.98. The number of carbonyl (C=O) groups excluding carboxylic acids is 1. The van der Waals surface area contributed by atoms with Gasteiger partial charge in [0, 0.05) is 11.3 Å². The highest BCUT2D eigenvalue weighted by molar-refractivity contribution is 6.07. The van der Waals surface area contributed by atoms with Gasteiger partial charge in [-0.15, -0.1) is 0 Å². The Bertz CT molecular complexity index is 1220. The van der Waals surface area contributed by atoms with Crippen LogP contribution in [0, 0.1) is 25.7 Å². The number of ether oxygens (including phenoxy) is 1. The van der Waals surface area contributed by atoms with Crippen molar-refractivity contribution in [3.05, 3.63) is 101 Å². The van der Waals surface area contributed by atoms with E-state index in [0.717, 1.165) is 27.3 Å². The van der Waals surface area contributed by atoms with Gasteiger partial charge in [-0.05, 0) is 62.4 Å². The molecule has 0 bridgehead atoms. The summed E-state index contributed by atoms with van der Waals surface area (Å²) < 4.78 is 20.7. The molecule has 0 atom stereocenters. The van der Waals surface area contributed by atoms with Crippen LogP contribution in [0.2, 0.25) is 0 Å². The molecule has 4 nitrogen and oxygen atoms in total. The number of anilines is 2. The maximum absolute atomic E-state index is 15.6. The Hall–Kier alpha value is -4.04. The van der Waals surface area contributed by atoms with E-state index in [0.29, 0.717) is 11.4 Å². The van der Waals surface area contributed by atoms with Crippen LogP contribution in [0.5, 0.6) is 5.75 Å². The molecule has 0 aromatic heterocycles. The number of nitrogens with zero attached hydrogens (tertiary/aromatic N) is 2. The number of hydrogen-bond donors (Lipinski definition) is 0. The predicted octanol–water partition coefficient (Wildman–Crippen LogP) is 5.99. The molecule has 0 aliphatic carbocycles. The van der Waals surface area contributed by atoms with Gasteiger partial charge in [0.1, 0.15) is 5.75 Å². The van der Waals surface area contributed by atoms with E-state index in [1.807, 2.05) is 62.4 Å². The van der Waals surface area contributed by atoms with E-state index in [4.69, 9.17) is 4.74 Å². The van der Waals surface area contributed by atoms with Crippen LogP contribution in [0.3, 0.4) is 0 Å². The van der Waals surface area contributed by atoms with Crippen LogP contribution in [0.15, 0.2) is 84.3 Å². The standard InChI is InChI=1S/C27H23FN2O2/c1-19-4-12-23(13-5-19)29-18-22(11-8-21-9-16-25(32-3)17-10-21)26(28)30(27(29)31)24-14-6-20(2)7-15-24/h4-7,9-10,12-17H,18H2,1-3H3. The van der Waals surface area contributed by atoms with E-state index < -0.39 is 12.0 Å². The number of benzene rings is 3. The quantitative estimate of drug-likeness (QED) is 0.381. The molecule has 1 heterocycles. The fraction of sp³-hybridized carbons (Fsp3) is 0.148. The number of rotatable bonds is 3. The van der Waals surface area contributed by atoms with Crippen molar-refractivity contribution < 1.29 is 13.9 Å². The van der Waals surface area contributed by atoms with E-state index in [1.54, 1.807) is 36.3 Å². The Balaban J connectivity index is 1.76. The first-order valence-electron chi connectivity index (χ1n) is 10.3. The highest BCUT2D eigenvalue weighted by Crippen LogP contribution is 2.31. The van der Waals surface area contributed by atoms with Crippen molar-refractivity contribution in [1.82, 2.24) is 0 Å². The molecule has 160 valence electrons. The number of aryl methyl sites for hydroxylation is 2. The number of amides is 2. The van der Waals surface area contributed by atoms with Gasteiger partial charge in [0.25, 0.3) is 0 Å². The third-order valence-corrected chi connectivity index (χ3v) is 5.27. The topological polar surface area (TPSA) is 32.8 Å². The maximum atomic E-state index is 15.6. The van der Waals surface area contributed by atoms with Crippen LogP contribution >= 0.6 is 0 Å². The lowest BCUT2D eigenvalue weighted by Gasteiger charge is -2.34. The average Bonchev–Trinajstić information content (AvgIpc) is 2.81. The lowest BCUT2D eigenvalue weighted by Crippen LogP contribution is -2.48. The summed E-state index contributed by atoms with van der Waals surface area (Å²) in [5.74, 6) is 6.02. The zero-order valence-corrected chi connectivity index (χ0v) is 18.2. The number of methoxy groups -OCH3 is 1. The van der Waals surface area contributed by atoms with Gasteiger partial charge >= 0.3 is 6.03 Å². The highest BCUT2D eigenvalue weighted by Gasteiger charge is 2.34. The molecule has 0 N–H and O–H groups in total. The first-order valence-corrected chi connectivity index (χ1v) is 10.3. The molecule has 3 aromatic rings. The van der Waals surface area contributed by atoms with Crippen molar-refractivity contribution in [2.75, 3.05) is 23.5 Å². The van der Waals surface area contributed by atoms with Gasteiger partial charge in [-0.3, -0.25) is 4.90 Å². The minimum absolute atomic E-state index is 0.0548. The first kappa shape index (κ1) is 21.2. The Morgan fingerprint density at radius 3 is 1.94 bits per heavy atom. The van der Waals surface area contributed by atoms with Crippen LogP contribution in [0.1, 0.15) is 16.7 Å². The SMILES string of the molecule is COc1ccc(C#CC2=C(F)N(c3ccc(C)cc3)C(=O)N(c3ccc(C)cc3)C2)cc1. The van der Waals surface area contributed by atoms with Crippen LogP contribution in [-0.2, 0) is 0 Å². The van der Waals surface area contributed by atoms with Crippen molar-refractivity contribution in [2.45, 2.75) is 13.8 Å². The van der Waals surface area contributed by atoms with Gasteiger partial charge in [-0.2, -0.15) is 4.39 Å². The van der Waals surface area contributed by atoms with Crippen molar-refractivity contribution in [2.24, 2.45) is 0 Å². The largest absolute Gasteiger partial charge is 0.497 e. The molecule has 0 radical (unpaired) electrons. The summed E-state index contributed by atoms with van der Waals surface area (Å²) in [7, 11) is 1.60. The summed E-state index contributed by atoms with van der Waals surface area (Å²) in [4.78, 5) is 15.9. The molecule has 2 amide bonds. The van der Waals surface area contributed by atoms with Crippen molar-refractivity contribution in [3.8, 4) is 17.6 Å². The second-order valence-electron chi connectivity index (χ2n) is 7.62. The van der Waals surface area contributed by atoms with E-state index in [9.17, 15) is 4.79 Å². The zero-order valence-electron chi connectivity index (χ0n) is 18.2. The Kier molecular flexibility index (Phi) is 5.96. The monoisotopic (exact) mass is 426 g/mol. The number of halogens is 1. The molecule has 5 heteroatoms. The van der Waals surface area contributed by atoms with Gasteiger partial charge in [-0.25, -0.2) is 9.69 Å². The van der Waals surface area contributed by atoms with E-state index in [-0.39, 0.29) is 12.1 Å². The Morgan fingerprint density at radius 1 is 0.812 bits per heavy atom. The minimum atomic E-state index is -0.650. The van der Waals surface area contributed by atoms with Gasteiger partial charge in [0.05, 0.1) is 24.9 Å². The summed E-state index contributed by atoms with van der Waals surface area (Å²) in [6, 6.07) is 21.5. The van der Waals surface area contributed by atoms with Crippen molar-refractivity contribution >= 4 is 17.4 Å². The normalized spacial score (nSPS) is 13.7. The molecule has 1 aliphatic heterocycles. The fourth-order valence-electron chi connectivity index (χ4n) is 3.39. The molecule has 3 aromatic carbocycles.